The maximum atomic E-state index is 11.2. The van der Waals surface area contributed by atoms with Crippen molar-refractivity contribution in [3.63, 3.8) is 0 Å². The van der Waals surface area contributed by atoms with Gasteiger partial charge in [-0.15, -0.1) is 0 Å². The minimum Gasteiger partial charge on any atom is -0.265 e. The van der Waals surface area contributed by atoms with E-state index in [1.54, 1.807) is 12.3 Å². The monoisotopic (exact) mass is 369 g/mol. The van der Waals surface area contributed by atoms with E-state index < -0.39 is 8.72 Å². The Balaban J connectivity index is 2.22. The molecule has 10 heteroatoms. The first-order valence-corrected chi connectivity index (χ1v) is 8.18. The Kier molecular flexibility index (Phi) is 3.85. The smallest absolute Gasteiger partial charge is 0.265 e. The number of aliphatic imine (C=N–C) groups is 1. The van der Waals surface area contributed by atoms with Crippen LogP contribution in [0.1, 0.15) is 5.56 Å². The molecule has 20 heavy (non-hydrogen) atoms. The number of rotatable bonds is 1. The van der Waals surface area contributed by atoms with Gasteiger partial charge < -0.3 is 0 Å². The van der Waals surface area contributed by atoms with Gasteiger partial charge in [-0.25, -0.2) is 4.31 Å². The molecule has 3 rings (SSSR count). The van der Waals surface area contributed by atoms with Crippen molar-refractivity contribution >= 4 is 70.4 Å². The van der Waals surface area contributed by atoms with Crippen LogP contribution in [0.25, 0.3) is 0 Å². The van der Waals surface area contributed by atoms with Crippen LogP contribution in [-0.4, -0.2) is 27.5 Å². The quantitative estimate of drug-likeness (QED) is 0.321. The van der Waals surface area contributed by atoms with Crippen LogP contribution < -0.4 is 0 Å². The minimum atomic E-state index is -1.72. The molecule has 0 aromatic heterocycles. The van der Waals surface area contributed by atoms with Crippen LogP contribution in [-0.2, 0) is 3.79 Å². The average Bonchev–Trinajstić information content (AvgIpc) is 2.70. The van der Waals surface area contributed by atoms with Crippen molar-refractivity contribution in [3.05, 3.63) is 27.8 Å². The van der Waals surface area contributed by atoms with E-state index in [1.807, 2.05) is 4.31 Å². The van der Waals surface area contributed by atoms with E-state index in [2.05, 4.69) is 4.99 Å². The van der Waals surface area contributed by atoms with E-state index in [4.69, 9.17) is 34.8 Å². The van der Waals surface area contributed by atoms with Gasteiger partial charge in [-0.2, -0.15) is 0 Å². The number of hydrogen-bond acceptors (Lipinski definition) is 6. The number of nitro benzene ring substituents is 1. The molecule has 0 N–H and O–H groups in total. The Hall–Kier alpha value is -0.180. The highest BCUT2D eigenvalue weighted by Crippen LogP contribution is 2.54. The van der Waals surface area contributed by atoms with Gasteiger partial charge in [-0.05, 0) is 18.0 Å². The van der Waals surface area contributed by atoms with Crippen LogP contribution in [0, 0.1) is 10.1 Å². The maximum absolute atomic E-state index is 11.2. The lowest BCUT2D eigenvalue weighted by Crippen LogP contribution is -2.19. The van der Waals surface area contributed by atoms with Crippen LogP contribution in [0.3, 0.4) is 0 Å². The van der Waals surface area contributed by atoms with Gasteiger partial charge in [-0.3, -0.25) is 15.1 Å². The number of nitrogens with zero attached hydrogens (tertiary/aromatic N) is 3. The number of alkyl halides is 3. The summed E-state index contributed by atoms with van der Waals surface area (Å²) in [7, 11) is 0. The molecule has 2 bridgehead atoms. The van der Waals surface area contributed by atoms with Crippen LogP contribution in [0.2, 0.25) is 0 Å². The molecule has 5 nitrogen and oxygen atoms in total. The van der Waals surface area contributed by atoms with Gasteiger partial charge >= 0.3 is 0 Å². The Bertz CT molecular complexity index is 621. The van der Waals surface area contributed by atoms with Crippen LogP contribution >= 0.6 is 58.5 Å². The Morgan fingerprint density at radius 2 is 2.20 bits per heavy atom. The maximum Gasteiger partial charge on any atom is 0.284 e. The molecule has 0 saturated carbocycles. The van der Waals surface area contributed by atoms with E-state index in [9.17, 15) is 10.1 Å². The van der Waals surface area contributed by atoms with E-state index in [0.717, 1.165) is 0 Å². The molecule has 106 valence electrons. The number of benzene rings is 1. The molecular weight excluding hydrogens is 365 g/mol. The minimum absolute atomic E-state index is 0.0618. The molecule has 0 saturated heterocycles. The van der Waals surface area contributed by atoms with Crippen LogP contribution in [0.5, 0.6) is 0 Å². The summed E-state index contributed by atoms with van der Waals surface area (Å²) in [4.78, 5) is 16.1. The Morgan fingerprint density at radius 1 is 1.45 bits per heavy atom. The Labute approximate surface area is 137 Å². The second-order valence-electron chi connectivity index (χ2n) is 4.01. The highest BCUT2D eigenvalue weighted by molar-refractivity contribution is 8.02. The third-order valence-corrected chi connectivity index (χ3v) is 5.82. The second kappa shape index (κ2) is 5.23. The third kappa shape index (κ3) is 2.51. The van der Waals surface area contributed by atoms with Crippen LogP contribution in [0.15, 0.2) is 26.9 Å². The standard InChI is InChI=1S/C10H6Cl3N3O2S2/c11-10(12,13)7-6-2-1-5(16(17)18)8(7)20-15-4-3-14-9(15)19-6/h1-3,9H,4H2. The molecule has 1 unspecified atom stereocenters. The van der Waals surface area contributed by atoms with Crippen molar-refractivity contribution in [1.29, 1.82) is 0 Å². The lowest BCUT2D eigenvalue weighted by Gasteiger charge is -2.18. The lowest BCUT2D eigenvalue weighted by atomic mass is 10.2. The summed E-state index contributed by atoms with van der Waals surface area (Å²) in [5.74, 6) is 0. The fraction of sp³-hybridized carbons (Fsp3) is 0.300. The molecule has 0 spiro atoms. The molecule has 2 aliphatic heterocycles. The molecule has 2 aliphatic rings. The lowest BCUT2D eigenvalue weighted by molar-refractivity contribution is -0.387. The van der Waals surface area contributed by atoms with Crippen molar-refractivity contribution in [2.45, 2.75) is 19.1 Å². The Morgan fingerprint density at radius 3 is 2.85 bits per heavy atom. The average molecular weight is 371 g/mol. The number of thioether (sulfide) groups is 1. The zero-order valence-electron chi connectivity index (χ0n) is 9.63. The van der Waals surface area contributed by atoms with Crippen molar-refractivity contribution in [2.24, 2.45) is 4.99 Å². The summed E-state index contributed by atoms with van der Waals surface area (Å²) in [5, 5.41) is 11.2. The van der Waals surface area contributed by atoms with Gasteiger partial charge in [0, 0.05) is 29.3 Å². The SMILES string of the molecule is O=[N+]([O-])c1ccc2c(C(Cl)(Cl)Cl)c1SN1CC=NC1S2. The van der Waals surface area contributed by atoms with Gasteiger partial charge in [0.25, 0.3) is 5.69 Å². The number of halogens is 3. The fourth-order valence-electron chi connectivity index (χ4n) is 1.94. The number of hydrogen-bond donors (Lipinski definition) is 0. The molecule has 1 aromatic carbocycles. The fourth-order valence-corrected chi connectivity index (χ4v) is 5.40. The molecule has 2 heterocycles. The number of nitro groups is 1. The second-order valence-corrected chi connectivity index (χ2v) is 8.45. The first kappa shape index (κ1) is 14.7. The summed E-state index contributed by atoms with van der Waals surface area (Å²) >= 11 is 20.7. The summed E-state index contributed by atoms with van der Waals surface area (Å²) in [6.45, 7) is 0.594. The van der Waals surface area contributed by atoms with E-state index in [0.29, 0.717) is 21.9 Å². The predicted molar refractivity (Wildman–Crippen MR) is 83.0 cm³/mol. The van der Waals surface area contributed by atoms with E-state index in [1.165, 1.54) is 29.8 Å². The summed E-state index contributed by atoms with van der Waals surface area (Å²) in [6, 6.07) is 3.05. The predicted octanol–water partition coefficient (Wildman–Crippen LogP) is 4.20. The first-order valence-electron chi connectivity index (χ1n) is 5.39. The molecule has 1 atom stereocenters. The molecule has 0 radical (unpaired) electrons. The van der Waals surface area contributed by atoms with Crippen LogP contribution in [0.4, 0.5) is 5.69 Å². The normalized spacial score (nSPS) is 21.6. The summed E-state index contributed by atoms with van der Waals surface area (Å²) in [6.07, 6.45) is 1.78. The molecule has 1 aromatic rings. The number of fused-ring (bicyclic) bond motifs is 3. The zero-order valence-corrected chi connectivity index (χ0v) is 13.5. The highest BCUT2D eigenvalue weighted by Gasteiger charge is 2.40. The van der Waals surface area contributed by atoms with Crippen molar-refractivity contribution in [3.8, 4) is 0 Å². The third-order valence-electron chi connectivity index (χ3n) is 2.76. The van der Waals surface area contributed by atoms with Gasteiger partial charge in [0.2, 0.25) is 3.79 Å². The largest absolute Gasteiger partial charge is 0.284 e. The molecule has 0 aliphatic carbocycles. The summed E-state index contributed by atoms with van der Waals surface area (Å²) < 4.78 is 0.195. The van der Waals surface area contributed by atoms with Crippen molar-refractivity contribution in [2.75, 3.05) is 6.54 Å². The van der Waals surface area contributed by atoms with Gasteiger partial charge in [0.15, 0.2) is 5.50 Å². The molecule has 0 fully saturated rings. The molecular formula is C10H6Cl3N3O2S2. The molecule has 0 amide bonds. The highest BCUT2D eigenvalue weighted by atomic mass is 35.6. The van der Waals surface area contributed by atoms with Gasteiger partial charge in [-0.1, -0.05) is 46.6 Å². The van der Waals surface area contributed by atoms with E-state index in [-0.39, 0.29) is 11.2 Å². The first-order chi connectivity index (χ1) is 9.38. The van der Waals surface area contributed by atoms with Gasteiger partial charge in [0.1, 0.15) is 4.90 Å². The zero-order chi connectivity index (χ0) is 14.5. The van der Waals surface area contributed by atoms with Gasteiger partial charge in [0.05, 0.1) is 4.92 Å². The van der Waals surface area contributed by atoms with Crippen molar-refractivity contribution < 1.29 is 4.92 Å². The van der Waals surface area contributed by atoms with Crippen molar-refractivity contribution in [1.82, 2.24) is 4.31 Å². The summed E-state index contributed by atoms with van der Waals surface area (Å²) in [5.41, 5.74) is 0.134. The van der Waals surface area contributed by atoms with E-state index >= 15 is 0 Å². The topological polar surface area (TPSA) is 58.7 Å².